The number of carbonyl (C=O) groups is 2. The predicted molar refractivity (Wildman–Crippen MR) is 74.5 cm³/mol. The largest absolute Gasteiger partial charge is 0.340 e. The molecule has 2 rings (SSSR count). The second kappa shape index (κ2) is 4.50. The van der Waals surface area contributed by atoms with Gasteiger partial charge < -0.3 is 10.2 Å². The number of rotatable bonds is 4. The number of carbonyl (C=O) groups excluding carboxylic acids is 2. The molecule has 4 heteroatoms. The van der Waals surface area contributed by atoms with Gasteiger partial charge in [-0.3, -0.25) is 9.59 Å². The zero-order valence-electron chi connectivity index (χ0n) is 12.7. The maximum atomic E-state index is 12.8. The van der Waals surface area contributed by atoms with Gasteiger partial charge >= 0.3 is 0 Å². The molecule has 1 aliphatic carbocycles. The number of hydrogen-bond acceptors (Lipinski definition) is 2. The fourth-order valence-electron chi connectivity index (χ4n) is 2.80. The van der Waals surface area contributed by atoms with Crippen molar-refractivity contribution in [1.29, 1.82) is 0 Å². The van der Waals surface area contributed by atoms with Gasteiger partial charge in [0.05, 0.1) is 0 Å². The maximum absolute atomic E-state index is 12.8. The Hall–Kier alpha value is -1.06. The van der Waals surface area contributed by atoms with Gasteiger partial charge in [0.2, 0.25) is 11.8 Å². The lowest BCUT2D eigenvalue weighted by Gasteiger charge is -2.49. The third-order valence-corrected chi connectivity index (χ3v) is 4.62. The van der Waals surface area contributed by atoms with Gasteiger partial charge in [-0.1, -0.05) is 13.8 Å². The molecule has 1 aliphatic heterocycles. The van der Waals surface area contributed by atoms with Crippen molar-refractivity contribution in [2.24, 2.45) is 11.8 Å². The minimum atomic E-state index is -0.736. The Bertz CT molecular complexity index is 399. The van der Waals surface area contributed by atoms with Crippen LogP contribution in [0.4, 0.5) is 0 Å². The smallest absolute Gasteiger partial charge is 0.249 e. The van der Waals surface area contributed by atoms with Crippen LogP contribution in [0.15, 0.2) is 0 Å². The molecule has 2 aliphatic rings. The first kappa shape index (κ1) is 14.4. The number of hydrogen-bond donors (Lipinski definition) is 1. The van der Waals surface area contributed by atoms with Crippen LogP contribution in [0, 0.1) is 11.8 Å². The molecule has 1 atom stereocenters. The molecule has 1 saturated carbocycles. The van der Waals surface area contributed by atoms with E-state index in [2.05, 4.69) is 19.2 Å². The molecule has 108 valence electrons. The summed E-state index contributed by atoms with van der Waals surface area (Å²) in [4.78, 5) is 27.0. The molecule has 4 nitrogen and oxygen atoms in total. The van der Waals surface area contributed by atoms with Gasteiger partial charge in [0.15, 0.2) is 0 Å². The van der Waals surface area contributed by atoms with E-state index >= 15 is 0 Å². The molecule has 0 bridgehead atoms. The molecule has 1 saturated heterocycles. The van der Waals surface area contributed by atoms with Crippen LogP contribution in [-0.2, 0) is 9.59 Å². The number of amides is 2. The molecule has 0 aromatic rings. The van der Waals surface area contributed by atoms with Crippen molar-refractivity contribution in [3.05, 3.63) is 0 Å². The molecule has 1 N–H and O–H groups in total. The Morgan fingerprint density at radius 1 is 1.26 bits per heavy atom. The lowest BCUT2D eigenvalue weighted by atomic mass is 9.84. The molecule has 0 spiro atoms. The van der Waals surface area contributed by atoms with Crippen molar-refractivity contribution >= 4 is 11.8 Å². The molecule has 1 heterocycles. The summed E-state index contributed by atoms with van der Waals surface area (Å²) in [6.07, 6.45) is 3.02. The molecular formula is C15H26N2O2. The molecule has 19 heavy (non-hydrogen) atoms. The molecule has 0 aromatic carbocycles. The normalized spacial score (nSPS) is 30.7. The second-order valence-corrected chi connectivity index (χ2v) is 7.13. The summed E-state index contributed by atoms with van der Waals surface area (Å²) >= 11 is 0. The van der Waals surface area contributed by atoms with E-state index in [1.54, 1.807) is 4.90 Å². The predicted octanol–water partition coefficient (Wildman–Crippen LogP) is 1.94. The van der Waals surface area contributed by atoms with Crippen LogP contribution in [0.1, 0.15) is 53.9 Å². The first-order valence-electron chi connectivity index (χ1n) is 7.34. The average molecular weight is 266 g/mol. The highest BCUT2D eigenvalue weighted by molar-refractivity contribution is 6.02. The first-order valence-corrected chi connectivity index (χ1v) is 7.34. The highest BCUT2D eigenvalue weighted by Gasteiger charge is 2.57. The van der Waals surface area contributed by atoms with E-state index in [1.807, 2.05) is 20.8 Å². The third-order valence-electron chi connectivity index (χ3n) is 4.62. The Kier molecular flexibility index (Phi) is 3.40. The topological polar surface area (TPSA) is 49.4 Å². The Balaban J connectivity index is 2.24. The fourth-order valence-corrected chi connectivity index (χ4v) is 2.80. The van der Waals surface area contributed by atoms with Crippen LogP contribution in [0.5, 0.6) is 0 Å². The monoisotopic (exact) mass is 266 g/mol. The summed E-state index contributed by atoms with van der Waals surface area (Å²) in [6, 6.07) is 0. The summed E-state index contributed by atoms with van der Waals surface area (Å²) in [5, 5.41) is 2.98. The van der Waals surface area contributed by atoms with E-state index in [4.69, 9.17) is 0 Å². The summed E-state index contributed by atoms with van der Waals surface area (Å²) < 4.78 is 0. The van der Waals surface area contributed by atoms with Gasteiger partial charge in [0.1, 0.15) is 11.1 Å². The molecule has 0 aromatic heterocycles. The van der Waals surface area contributed by atoms with Gasteiger partial charge in [-0.2, -0.15) is 0 Å². The van der Waals surface area contributed by atoms with Crippen LogP contribution >= 0.6 is 0 Å². The van der Waals surface area contributed by atoms with Crippen LogP contribution in [-0.4, -0.2) is 34.3 Å². The highest BCUT2D eigenvalue weighted by atomic mass is 16.2. The summed E-state index contributed by atoms with van der Waals surface area (Å²) in [7, 11) is 0. The van der Waals surface area contributed by atoms with Gasteiger partial charge in [0, 0.05) is 6.54 Å². The van der Waals surface area contributed by atoms with Gasteiger partial charge in [-0.15, -0.1) is 0 Å². The van der Waals surface area contributed by atoms with E-state index in [0.717, 1.165) is 19.3 Å². The van der Waals surface area contributed by atoms with Crippen molar-refractivity contribution < 1.29 is 9.59 Å². The van der Waals surface area contributed by atoms with E-state index < -0.39 is 11.1 Å². The zero-order valence-corrected chi connectivity index (χ0v) is 12.7. The van der Waals surface area contributed by atoms with Crippen LogP contribution in [0.3, 0.4) is 0 Å². The average Bonchev–Trinajstić information content (AvgIpc) is 3.10. The molecule has 1 unspecified atom stereocenters. The summed E-state index contributed by atoms with van der Waals surface area (Å²) in [5.41, 5.74) is -1.41. The van der Waals surface area contributed by atoms with Gasteiger partial charge in [0.25, 0.3) is 0 Å². The zero-order chi connectivity index (χ0) is 14.4. The van der Waals surface area contributed by atoms with Crippen molar-refractivity contribution in [2.75, 3.05) is 6.54 Å². The minimum absolute atomic E-state index is 0.0229. The second-order valence-electron chi connectivity index (χ2n) is 7.13. The SMILES string of the molecule is CC(C)CCN1C(=O)C(C)(C2CC2)NC(=O)C1(C)C. The Labute approximate surface area is 115 Å². The number of piperazine rings is 1. The van der Waals surface area contributed by atoms with E-state index in [1.165, 1.54) is 0 Å². The Morgan fingerprint density at radius 2 is 1.84 bits per heavy atom. The fraction of sp³-hybridized carbons (Fsp3) is 0.867. The third kappa shape index (κ3) is 2.37. The van der Waals surface area contributed by atoms with Crippen molar-refractivity contribution in [3.8, 4) is 0 Å². The van der Waals surface area contributed by atoms with Crippen LogP contribution in [0.2, 0.25) is 0 Å². The first-order chi connectivity index (χ1) is 8.69. The van der Waals surface area contributed by atoms with Crippen molar-refractivity contribution in [2.45, 2.75) is 65.0 Å². The van der Waals surface area contributed by atoms with E-state index in [9.17, 15) is 9.59 Å². The molecule has 2 amide bonds. The number of nitrogens with zero attached hydrogens (tertiary/aromatic N) is 1. The standard InChI is InChI=1S/C15H26N2O2/c1-10(2)8-9-17-13(19)15(5,11-6-7-11)16-12(18)14(17,3)4/h10-11H,6-9H2,1-5H3,(H,16,18). The Morgan fingerprint density at radius 3 is 2.32 bits per heavy atom. The van der Waals surface area contributed by atoms with E-state index in [-0.39, 0.29) is 11.8 Å². The van der Waals surface area contributed by atoms with Crippen molar-refractivity contribution in [1.82, 2.24) is 10.2 Å². The van der Waals surface area contributed by atoms with Gasteiger partial charge in [-0.05, 0) is 51.9 Å². The lowest BCUT2D eigenvalue weighted by Crippen LogP contribution is -2.74. The van der Waals surface area contributed by atoms with Crippen LogP contribution in [0.25, 0.3) is 0 Å². The van der Waals surface area contributed by atoms with E-state index in [0.29, 0.717) is 18.4 Å². The lowest BCUT2D eigenvalue weighted by molar-refractivity contribution is -0.161. The molecule has 2 fully saturated rings. The summed E-state index contributed by atoms with van der Waals surface area (Å²) in [6.45, 7) is 10.5. The highest BCUT2D eigenvalue weighted by Crippen LogP contribution is 2.43. The maximum Gasteiger partial charge on any atom is 0.249 e. The molecular weight excluding hydrogens is 240 g/mol. The van der Waals surface area contributed by atoms with Gasteiger partial charge in [-0.25, -0.2) is 0 Å². The van der Waals surface area contributed by atoms with Crippen molar-refractivity contribution in [3.63, 3.8) is 0 Å². The number of nitrogens with one attached hydrogen (secondary N) is 1. The quantitative estimate of drug-likeness (QED) is 0.845. The summed E-state index contributed by atoms with van der Waals surface area (Å²) in [5.74, 6) is 0.924. The molecule has 0 radical (unpaired) electrons. The van der Waals surface area contributed by atoms with Crippen LogP contribution < -0.4 is 5.32 Å². The minimum Gasteiger partial charge on any atom is -0.340 e.